The van der Waals surface area contributed by atoms with Crippen molar-refractivity contribution in [3.63, 3.8) is 0 Å². The maximum atomic E-state index is 12.6. The van der Waals surface area contributed by atoms with Crippen LogP contribution in [0.2, 0.25) is 0 Å². The number of urea groups is 1. The second kappa shape index (κ2) is 3.61. The molecule has 2 amide bonds. The minimum atomic E-state index is -2.55. The molecule has 0 bridgehead atoms. The largest absolute Gasteiger partial charge is 0.325 e. The van der Waals surface area contributed by atoms with E-state index in [0.29, 0.717) is 0 Å². The molecule has 0 unspecified atom stereocenters. The lowest BCUT2D eigenvalue weighted by Crippen LogP contribution is -2.54. The van der Waals surface area contributed by atoms with E-state index in [2.05, 4.69) is 0 Å². The Hall–Kier alpha value is -0.870. The molecule has 0 radical (unpaired) electrons. The average molecular weight is 218 g/mol. The van der Waals surface area contributed by atoms with Crippen molar-refractivity contribution in [2.45, 2.75) is 37.6 Å². The number of hydrogen-bond acceptors (Lipinski definition) is 1. The lowest BCUT2D eigenvalue weighted by atomic mass is 9.87. The number of hydrogen-bond donors (Lipinski definition) is 0. The molecule has 1 aliphatic carbocycles. The molecule has 1 saturated carbocycles. The van der Waals surface area contributed by atoms with Crippen molar-refractivity contribution in [3.05, 3.63) is 0 Å². The first-order chi connectivity index (χ1) is 6.99. The van der Waals surface area contributed by atoms with Crippen LogP contribution in [0.3, 0.4) is 0 Å². The molecule has 86 valence electrons. The summed E-state index contributed by atoms with van der Waals surface area (Å²) in [6.45, 7) is 1.54. The molecule has 1 heterocycles. The Morgan fingerprint density at radius 3 is 2.33 bits per heavy atom. The summed E-state index contributed by atoms with van der Waals surface area (Å²) in [6, 6.07) is -0.360. The molecule has 0 spiro atoms. The molecule has 2 fully saturated rings. The highest BCUT2D eigenvalue weighted by Crippen LogP contribution is 2.40. The smallest absolute Gasteiger partial charge is 0.319 e. The number of halogens is 2. The third-order valence-corrected chi connectivity index (χ3v) is 3.29. The third-order valence-electron chi connectivity index (χ3n) is 3.29. The molecule has 15 heavy (non-hydrogen) atoms. The van der Waals surface area contributed by atoms with Crippen molar-refractivity contribution in [1.29, 1.82) is 0 Å². The van der Waals surface area contributed by atoms with E-state index in [-0.39, 0.29) is 24.9 Å². The Bertz CT molecular complexity index is 256. The maximum absolute atomic E-state index is 12.6. The standard InChI is InChI=1S/C10H16F2N2O/c1-13(8-6-10(11,12)7-8)9(15)14-4-2-3-5-14/h8H,2-7H2,1H3. The van der Waals surface area contributed by atoms with Crippen molar-refractivity contribution in [2.75, 3.05) is 20.1 Å². The van der Waals surface area contributed by atoms with Gasteiger partial charge in [0.15, 0.2) is 0 Å². The quantitative estimate of drug-likeness (QED) is 0.659. The Balaban J connectivity index is 1.85. The van der Waals surface area contributed by atoms with Crippen molar-refractivity contribution < 1.29 is 13.6 Å². The predicted octanol–water partition coefficient (Wildman–Crippen LogP) is 1.93. The SMILES string of the molecule is CN(C(=O)N1CCCC1)C1CC(F)(F)C1. The first-order valence-electron chi connectivity index (χ1n) is 5.39. The molecule has 0 aromatic heterocycles. The number of nitrogens with zero attached hydrogens (tertiary/aromatic N) is 2. The Morgan fingerprint density at radius 2 is 1.87 bits per heavy atom. The number of amides is 2. The predicted molar refractivity (Wildman–Crippen MR) is 51.9 cm³/mol. The summed E-state index contributed by atoms with van der Waals surface area (Å²) in [5, 5.41) is 0. The van der Waals surface area contributed by atoms with Crippen molar-refractivity contribution in [1.82, 2.24) is 9.80 Å². The van der Waals surface area contributed by atoms with Crippen LogP contribution in [-0.2, 0) is 0 Å². The summed E-state index contributed by atoms with van der Waals surface area (Å²) in [6.07, 6.45) is 1.70. The monoisotopic (exact) mass is 218 g/mol. The molecule has 1 aliphatic heterocycles. The van der Waals surface area contributed by atoms with Gasteiger partial charge < -0.3 is 9.80 Å². The Labute approximate surface area is 88.0 Å². The van der Waals surface area contributed by atoms with Crippen LogP contribution in [0.5, 0.6) is 0 Å². The minimum absolute atomic E-state index is 0.0898. The van der Waals surface area contributed by atoms with Gasteiger partial charge in [-0.3, -0.25) is 0 Å². The molecule has 0 N–H and O–H groups in total. The molecule has 0 atom stereocenters. The summed E-state index contributed by atoms with van der Waals surface area (Å²) in [4.78, 5) is 15.0. The fourth-order valence-corrected chi connectivity index (χ4v) is 2.19. The topological polar surface area (TPSA) is 23.6 Å². The van der Waals surface area contributed by atoms with E-state index >= 15 is 0 Å². The minimum Gasteiger partial charge on any atom is -0.325 e. The molecule has 2 aliphatic rings. The van der Waals surface area contributed by atoms with Crippen molar-refractivity contribution in [3.8, 4) is 0 Å². The first kappa shape index (κ1) is 10.6. The summed E-state index contributed by atoms with van der Waals surface area (Å²) >= 11 is 0. The molecule has 0 aromatic carbocycles. The fourth-order valence-electron chi connectivity index (χ4n) is 2.19. The molecule has 2 rings (SSSR count). The zero-order valence-electron chi connectivity index (χ0n) is 8.88. The molecule has 5 heteroatoms. The second-order valence-corrected chi connectivity index (χ2v) is 4.51. The van der Waals surface area contributed by atoms with E-state index in [0.717, 1.165) is 25.9 Å². The number of carbonyl (C=O) groups is 1. The van der Waals surface area contributed by atoms with E-state index in [1.54, 1.807) is 11.9 Å². The van der Waals surface area contributed by atoms with E-state index in [1.807, 2.05) is 0 Å². The van der Waals surface area contributed by atoms with Crippen LogP contribution in [0.25, 0.3) is 0 Å². The van der Waals surface area contributed by atoms with Gasteiger partial charge >= 0.3 is 6.03 Å². The zero-order valence-corrected chi connectivity index (χ0v) is 8.88. The highest BCUT2D eigenvalue weighted by Gasteiger charge is 2.48. The average Bonchev–Trinajstić information content (AvgIpc) is 2.64. The van der Waals surface area contributed by atoms with Crippen LogP contribution < -0.4 is 0 Å². The van der Waals surface area contributed by atoms with Crippen LogP contribution in [0.15, 0.2) is 0 Å². The fraction of sp³-hybridized carbons (Fsp3) is 0.900. The van der Waals surface area contributed by atoms with Gasteiger partial charge in [0.25, 0.3) is 5.92 Å². The van der Waals surface area contributed by atoms with Gasteiger partial charge in [-0.25, -0.2) is 13.6 Å². The highest BCUT2D eigenvalue weighted by atomic mass is 19.3. The van der Waals surface area contributed by atoms with Gasteiger partial charge in [0, 0.05) is 39.0 Å². The number of alkyl halides is 2. The summed E-state index contributed by atoms with van der Waals surface area (Å²) in [7, 11) is 1.63. The summed E-state index contributed by atoms with van der Waals surface area (Å²) in [5.74, 6) is -2.55. The van der Waals surface area contributed by atoms with E-state index < -0.39 is 5.92 Å². The van der Waals surface area contributed by atoms with Gasteiger partial charge in [-0.1, -0.05) is 0 Å². The van der Waals surface area contributed by atoms with Gasteiger partial charge in [-0.2, -0.15) is 0 Å². The molecule has 1 saturated heterocycles. The molecule has 3 nitrogen and oxygen atoms in total. The first-order valence-corrected chi connectivity index (χ1v) is 5.39. The van der Waals surface area contributed by atoms with E-state index in [1.165, 1.54) is 4.90 Å². The number of rotatable bonds is 1. The second-order valence-electron chi connectivity index (χ2n) is 4.51. The Kier molecular flexibility index (Phi) is 2.56. The number of likely N-dealkylation sites (tertiary alicyclic amines) is 1. The van der Waals surface area contributed by atoms with Gasteiger partial charge in [0.05, 0.1) is 0 Å². The molecular weight excluding hydrogens is 202 g/mol. The maximum Gasteiger partial charge on any atom is 0.319 e. The van der Waals surface area contributed by atoms with Crippen LogP contribution in [-0.4, -0.2) is 47.9 Å². The van der Waals surface area contributed by atoms with E-state index in [4.69, 9.17) is 0 Å². The van der Waals surface area contributed by atoms with Crippen LogP contribution in [0, 0.1) is 0 Å². The Morgan fingerprint density at radius 1 is 1.33 bits per heavy atom. The van der Waals surface area contributed by atoms with Crippen molar-refractivity contribution in [2.24, 2.45) is 0 Å². The van der Waals surface area contributed by atoms with Gasteiger partial charge in [0.1, 0.15) is 0 Å². The lowest BCUT2D eigenvalue weighted by Gasteiger charge is -2.41. The summed E-state index contributed by atoms with van der Waals surface area (Å²) < 4.78 is 25.3. The molecular formula is C10H16F2N2O. The van der Waals surface area contributed by atoms with Gasteiger partial charge in [-0.05, 0) is 12.8 Å². The van der Waals surface area contributed by atoms with Crippen molar-refractivity contribution >= 4 is 6.03 Å². The zero-order chi connectivity index (χ0) is 11.1. The summed E-state index contributed by atoms with van der Waals surface area (Å²) in [5.41, 5.74) is 0. The van der Waals surface area contributed by atoms with Crippen LogP contribution in [0.1, 0.15) is 25.7 Å². The van der Waals surface area contributed by atoms with Crippen LogP contribution >= 0.6 is 0 Å². The third kappa shape index (κ3) is 2.06. The molecule has 0 aromatic rings. The lowest BCUT2D eigenvalue weighted by molar-refractivity contribution is -0.112. The normalized spacial score (nSPS) is 25.1. The number of carbonyl (C=O) groups excluding carboxylic acids is 1. The van der Waals surface area contributed by atoms with E-state index in [9.17, 15) is 13.6 Å². The van der Waals surface area contributed by atoms with Gasteiger partial charge in [-0.15, -0.1) is 0 Å². The highest BCUT2D eigenvalue weighted by molar-refractivity contribution is 5.74. The van der Waals surface area contributed by atoms with Gasteiger partial charge in [0.2, 0.25) is 0 Å². The van der Waals surface area contributed by atoms with Crippen LogP contribution in [0.4, 0.5) is 13.6 Å².